The zero-order valence-electron chi connectivity index (χ0n) is 16.5. The van der Waals surface area contributed by atoms with Crippen LogP contribution in [0.1, 0.15) is 9.67 Å². The van der Waals surface area contributed by atoms with Gasteiger partial charge < -0.3 is 5.32 Å². The molecule has 4 rings (SSSR count). The second-order valence-corrected chi connectivity index (χ2v) is 10.7. The summed E-state index contributed by atoms with van der Waals surface area (Å²) in [5.41, 5.74) is 0.803. The van der Waals surface area contributed by atoms with Gasteiger partial charge in [0.1, 0.15) is 5.82 Å². The average molecular weight is 509 g/mol. The zero-order valence-corrected chi connectivity index (χ0v) is 19.6. The molecule has 1 N–H and O–H groups in total. The number of carbonyl (C=O) groups excluding carboxylic acids is 1. The Bertz CT molecular complexity index is 1440. The average Bonchev–Trinajstić information content (AvgIpc) is 3.20. The summed E-state index contributed by atoms with van der Waals surface area (Å²) in [5, 5.41) is 4.02. The van der Waals surface area contributed by atoms with E-state index >= 15 is 0 Å². The van der Waals surface area contributed by atoms with E-state index in [0.717, 1.165) is 21.1 Å². The molecule has 0 saturated carbocycles. The van der Waals surface area contributed by atoms with Gasteiger partial charge in [-0.15, -0.1) is 11.3 Å². The molecular formula is C22H15Cl2FN2O3S2. The van der Waals surface area contributed by atoms with Gasteiger partial charge in [0.25, 0.3) is 15.9 Å². The van der Waals surface area contributed by atoms with Crippen molar-refractivity contribution in [2.75, 3.05) is 16.7 Å². The van der Waals surface area contributed by atoms with Gasteiger partial charge >= 0.3 is 0 Å². The maximum absolute atomic E-state index is 13.2. The number of amides is 1. The Morgan fingerprint density at radius 2 is 1.75 bits per heavy atom. The normalized spacial score (nSPS) is 11.5. The molecule has 1 aromatic heterocycles. The lowest BCUT2D eigenvalue weighted by Crippen LogP contribution is -2.26. The molecule has 5 nitrogen and oxygen atoms in total. The Balaban J connectivity index is 1.62. The number of carbonyl (C=O) groups is 1. The maximum Gasteiger partial charge on any atom is 0.265 e. The molecule has 4 aromatic rings. The van der Waals surface area contributed by atoms with Crippen molar-refractivity contribution in [3.05, 3.63) is 87.5 Å². The molecule has 0 spiro atoms. The summed E-state index contributed by atoms with van der Waals surface area (Å²) >= 11 is 13.4. The number of hydrogen-bond acceptors (Lipinski definition) is 4. The molecule has 10 heteroatoms. The molecule has 3 aromatic carbocycles. The molecule has 32 heavy (non-hydrogen) atoms. The minimum Gasteiger partial charge on any atom is -0.320 e. The van der Waals surface area contributed by atoms with Crippen molar-refractivity contribution in [2.24, 2.45) is 0 Å². The van der Waals surface area contributed by atoms with E-state index in [1.165, 1.54) is 30.5 Å². The molecule has 1 heterocycles. The summed E-state index contributed by atoms with van der Waals surface area (Å²) in [6.07, 6.45) is 0. The lowest BCUT2D eigenvalue weighted by molar-refractivity contribution is 0.103. The fourth-order valence-electron chi connectivity index (χ4n) is 3.03. The van der Waals surface area contributed by atoms with Gasteiger partial charge in [0, 0.05) is 11.7 Å². The predicted molar refractivity (Wildman–Crippen MR) is 128 cm³/mol. The van der Waals surface area contributed by atoms with Crippen molar-refractivity contribution in [2.45, 2.75) is 4.90 Å². The van der Waals surface area contributed by atoms with Crippen LogP contribution in [0, 0.1) is 5.82 Å². The van der Waals surface area contributed by atoms with Crippen LogP contribution in [0.25, 0.3) is 10.1 Å². The summed E-state index contributed by atoms with van der Waals surface area (Å²) < 4.78 is 40.8. The molecule has 0 aliphatic heterocycles. The monoisotopic (exact) mass is 508 g/mol. The first-order valence-electron chi connectivity index (χ1n) is 9.20. The third kappa shape index (κ3) is 4.31. The number of halogens is 3. The molecule has 0 atom stereocenters. The van der Waals surface area contributed by atoms with E-state index in [2.05, 4.69) is 5.32 Å². The van der Waals surface area contributed by atoms with Crippen LogP contribution >= 0.6 is 34.5 Å². The smallest absolute Gasteiger partial charge is 0.265 e. The highest BCUT2D eigenvalue weighted by molar-refractivity contribution is 7.92. The van der Waals surface area contributed by atoms with Crippen LogP contribution in [0.3, 0.4) is 0 Å². The molecule has 1 amide bonds. The van der Waals surface area contributed by atoms with Crippen molar-refractivity contribution >= 4 is 71.9 Å². The van der Waals surface area contributed by atoms with E-state index in [-0.39, 0.29) is 15.8 Å². The highest BCUT2D eigenvalue weighted by atomic mass is 35.5. The quantitative estimate of drug-likeness (QED) is 0.338. The van der Waals surface area contributed by atoms with E-state index in [4.69, 9.17) is 23.2 Å². The lowest BCUT2D eigenvalue weighted by atomic mass is 10.2. The number of nitrogens with one attached hydrogen (secondary N) is 1. The third-order valence-electron chi connectivity index (χ3n) is 4.76. The summed E-state index contributed by atoms with van der Waals surface area (Å²) in [6.45, 7) is 0. The first-order valence-corrected chi connectivity index (χ1v) is 12.2. The minimum atomic E-state index is -3.87. The highest BCUT2D eigenvalue weighted by Gasteiger charge is 2.22. The summed E-state index contributed by atoms with van der Waals surface area (Å²) in [6, 6.07) is 16.3. The SMILES string of the molecule is CN(c1ccc2sc(C(=O)Nc3cccc(Cl)c3Cl)cc2c1)S(=O)(=O)c1ccc(F)cc1. The summed E-state index contributed by atoms with van der Waals surface area (Å²) in [4.78, 5) is 13.1. The van der Waals surface area contributed by atoms with Crippen molar-refractivity contribution in [1.82, 2.24) is 0 Å². The first kappa shape index (κ1) is 22.5. The topological polar surface area (TPSA) is 66.5 Å². The fraction of sp³-hybridized carbons (Fsp3) is 0.0455. The summed E-state index contributed by atoms with van der Waals surface area (Å²) in [7, 11) is -2.46. The molecule has 0 radical (unpaired) electrons. The van der Waals surface area contributed by atoms with E-state index in [9.17, 15) is 17.6 Å². The Kier molecular flexibility index (Phi) is 6.13. The van der Waals surface area contributed by atoms with Gasteiger partial charge in [0.2, 0.25) is 0 Å². The molecular weight excluding hydrogens is 494 g/mol. The molecule has 0 saturated heterocycles. The molecule has 0 bridgehead atoms. The minimum absolute atomic E-state index is 0.0229. The van der Waals surface area contributed by atoms with E-state index in [0.29, 0.717) is 26.7 Å². The summed E-state index contributed by atoms with van der Waals surface area (Å²) in [5.74, 6) is -0.875. The number of thiophene rings is 1. The predicted octanol–water partition coefficient (Wildman–Crippen LogP) is 6.42. The van der Waals surface area contributed by atoms with Gasteiger partial charge in [-0.3, -0.25) is 9.10 Å². The van der Waals surface area contributed by atoms with Gasteiger partial charge in [-0.2, -0.15) is 0 Å². The van der Waals surface area contributed by atoms with E-state index in [1.807, 2.05) is 0 Å². The number of benzene rings is 3. The number of rotatable bonds is 5. The molecule has 0 aliphatic rings. The van der Waals surface area contributed by atoms with Gasteiger partial charge in [-0.1, -0.05) is 29.3 Å². The molecule has 164 valence electrons. The second kappa shape index (κ2) is 8.71. The van der Waals surface area contributed by atoms with Crippen LogP contribution in [-0.2, 0) is 10.0 Å². The Morgan fingerprint density at radius 1 is 1.03 bits per heavy atom. The standard InChI is InChI=1S/C22H15Cl2FN2O3S2/c1-27(32(29,30)16-8-5-14(25)6-9-16)15-7-10-19-13(11-15)12-20(31-19)22(28)26-18-4-2-3-17(23)21(18)24/h2-12H,1H3,(H,26,28). The Hall–Kier alpha value is -2.65. The van der Waals surface area contributed by atoms with E-state index < -0.39 is 15.8 Å². The van der Waals surface area contributed by atoms with Gasteiger partial charge in [-0.25, -0.2) is 12.8 Å². The molecule has 0 aliphatic carbocycles. The number of sulfonamides is 1. The fourth-order valence-corrected chi connectivity index (χ4v) is 5.50. The van der Waals surface area contributed by atoms with Crippen molar-refractivity contribution < 1.29 is 17.6 Å². The number of hydrogen-bond donors (Lipinski definition) is 1. The van der Waals surface area contributed by atoms with Crippen LogP contribution in [0.5, 0.6) is 0 Å². The zero-order chi connectivity index (χ0) is 23.0. The number of anilines is 2. The van der Waals surface area contributed by atoms with Crippen LogP contribution < -0.4 is 9.62 Å². The van der Waals surface area contributed by atoms with Crippen molar-refractivity contribution in [3.8, 4) is 0 Å². The third-order valence-corrected chi connectivity index (χ3v) is 8.49. The van der Waals surface area contributed by atoms with Crippen LogP contribution in [0.4, 0.5) is 15.8 Å². The largest absolute Gasteiger partial charge is 0.320 e. The Labute approximate surface area is 198 Å². The van der Waals surface area contributed by atoms with Crippen LogP contribution in [0.2, 0.25) is 10.0 Å². The number of fused-ring (bicyclic) bond motifs is 1. The first-order chi connectivity index (χ1) is 15.2. The van der Waals surface area contributed by atoms with Crippen molar-refractivity contribution in [1.29, 1.82) is 0 Å². The second-order valence-electron chi connectivity index (χ2n) is 6.81. The van der Waals surface area contributed by atoms with E-state index in [1.54, 1.807) is 42.5 Å². The maximum atomic E-state index is 13.2. The van der Waals surface area contributed by atoms with Crippen LogP contribution in [-0.4, -0.2) is 21.4 Å². The Morgan fingerprint density at radius 3 is 2.47 bits per heavy atom. The lowest BCUT2D eigenvalue weighted by Gasteiger charge is -2.19. The van der Waals surface area contributed by atoms with Gasteiger partial charge in [0.15, 0.2) is 0 Å². The highest BCUT2D eigenvalue weighted by Crippen LogP contribution is 2.33. The van der Waals surface area contributed by atoms with Crippen molar-refractivity contribution in [3.63, 3.8) is 0 Å². The van der Waals surface area contributed by atoms with Crippen LogP contribution in [0.15, 0.2) is 71.6 Å². The molecule has 0 unspecified atom stereocenters. The number of nitrogens with zero attached hydrogens (tertiary/aromatic N) is 1. The van der Waals surface area contributed by atoms with Gasteiger partial charge in [-0.05, 0) is 66.0 Å². The molecule has 0 fully saturated rings. The van der Waals surface area contributed by atoms with Gasteiger partial charge in [0.05, 0.1) is 31.2 Å².